The molecule has 0 aliphatic heterocycles. The second-order valence-electron chi connectivity index (χ2n) is 7.13. The van der Waals surface area contributed by atoms with Crippen LogP contribution in [0.25, 0.3) is 0 Å². The van der Waals surface area contributed by atoms with Gasteiger partial charge in [-0.25, -0.2) is 0 Å². The molecule has 19 heavy (non-hydrogen) atoms. The summed E-state index contributed by atoms with van der Waals surface area (Å²) in [5, 5.41) is 3.83. The third kappa shape index (κ3) is 4.46. The predicted octanol–water partition coefficient (Wildman–Crippen LogP) is 3.91. The lowest BCUT2D eigenvalue weighted by molar-refractivity contribution is 0.163. The van der Waals surface area contributed by atoms with Gasteiger partial charge in [-0.2, -0.15) is 0 Å². The van der Waals surface area contributed by atoms with Gasteiger partial charge in [0.05, 0.1) is 0 Å². The molecular weight excluding hydrogens is 232 g/mol. The van der Waals surface area contributed by atoms with Crippen LogP contribution in [0.3, 0.4) is 0 Å². The summed E-state index contributed by atoms with van der Waals surface area (Å²) < 4.78 is 0. The van der Waals surface area contributed by atoms with Crippen molar-refractivity contribution in [3.05, 3.63) is 0 Å². The van der Waals surface area contributed by atoms with E-state index in [-0.39, 0.29) is 0 Å². The molecule has 0 radical (unpaired) electrons. The number of hydrogen-bond donors (Lipinski definition) is 1. The Hall–Kier alpha value is -0.0800. The van der Waals surface area contributed by atoms with Gasteiger partial charge in [-0.05, 0) is 57.0 Å². The molecule has 2 heteroatoms. The molecule has 2 nitrogen and oxygen atoms in total. The average molecular weight is 268 g/mol. The smallest absolute Gasteiger partial charge is 0.0159 e. The monoisotopic (exact) mass is 268 g/mol. The van der Waals surface area contributed by atoms with E-state index in [1.165, 1.54) is 45.2 Å². The fraction of sp³-hybridized carbons (Fsp3) is 1.00. The van der Waals surface area contributed by atoms with Crippen molar-refractivity contribution in [2.45, 2.75) is 78.8 Å². The first-order chi connectivity index (χ1) is 8.96. The molecule has 1 rings (SSSR count). The van der Waals surface area contributed by atoms with Gasteiger partial charge in [0.2, 0.25) is 0 Å². The summed E-state index contributed by atoms with van der Waals surface area (Å²) in [4.78, 5) is 2.60. The quantitative estimate of drug-likeness (QED) is 0.718. The van der Waals surface area contributed by atoms with Crippen LogP contribution in [-0.4, -0.2) is 37.1 Å². The highest BCUT2D eigenvalue weighted by Crippen LogP contribution is 2.41. The summed E-state index contributed by atoms with van der Waals surface area (Å²) in [5.74, 6) is 0.826. The van der Waals surface area contributed by atoms with E-state index in [0.29, 0.717) is 11.5 Å². The van der Waals surface area contributed by atoms with Gasteiger partial charge in [0.1, 0.15) is 0 Å². The first-order valence-electron chi connectivity index (χ1n) is 8.39. The first kappa shape index (κ1) is 17.0. The van der Waals surface area contributed by atoms with Crippen molar-refractivity contribution in [3.8, 4) is 0 Å². The van der Waals surface area contributed by atoms with Crippen LogP contribution in [0.15, 0.2) is 0 Å². The highest BCUT2D eigenvalue weighted by molar-refractivity contribution is 4.97. The van der Waals surface area contributed by atoms with Gasteiger partial charge in [-0.3, -0.25) is 0 Å². The molecule has 0 saturated heterocycles. The van der Waals surface area contributed by atoms with Crippen LogP contribution >= 0.6 is 0 Å². The molecule has 1 aliphatic rings. The van der Waals surface area contributed by atoms with Gasteiger partial charge in [0, 0.05) is 18.6 Å². The van der Waals surface area contributed by atoms with Crippen LogP contribution in [0.2, 0.25) is 0 Å². The Morgan fingerprint density at radius 1 is 1.21 bits per heavy atom. The molecule has 1 saturated carbocycles. The molecule has 1 fully saturated rings. The Morgan fingerprint density at radius 2 is 1.84 bits per heavy atom. The Balaban J connectivity index is 2.60. The Bertz CT molecular complexity index is 246. The van der Waals surface area contributed by atoms with Crippen molar-refractivity contribution in [1.82, 2.24) is 10.2 Å². The minimum atomic E-state index is 0.467. The second kappa shape index (κ2) is 7.64. The minimum Gasteiger partial charge on any atom is -0.313 e. The lowest BCUT2D eigenvalue weighted by atomic mass is 9.84. The first-order valence-corrected chi connectivity index (χ1v) is 8.39. The van der Waals surface area contributed by atoms with Crippen molar-refractivity contribution >= 4 is 0 Å². The van der Waals surface area contributed by atoms with Crippen LogP contribution in [0, 0.1) is 11.3 Å². The van der Waals surface area contributed by atoms with Crippen LogP contribution in [0.4, 0.5) is 0 Å². The van der Waals surface area contributed by atoms with Gasteiger partial charge in [-0.1, -0.05) is 34.6 Å². The van der Waals surface area contributed by atoms with Crippen LogP contribution in [-0.2, 0) is 0 Å². The topological polar surface area (TPSA) is 15.3 Å². The van der Waals surface area contributed by atoms with Crippen molar-refractivity contribution in [1.29, 1.82) is 0 Å². The van der Waals surface area contributed by atoms with Crippen molar-refractivity contribution in [2.24, 2.45) is 11.3 Å². The standard InChI is InChI=1S/C17H36N2/c1-7-12-18-16-14(10-11-17(16,4)5)13-19(6)15(8-2)9-3/h14-16,18H,7-13H2,1-6H3. The van der Waals surface area contributed by atoms with E-state index in [9.17, 15) is 0 Å². The predicted molar refractivity (Wildman–Crippen MR) is 85.6 cm³/mol. The summed E-state index contributed by atoms with van der Waals surface area (Å²) in [6, 6.07) is 1.46. The molecule has 0 aromatic rings. The number of hydrogen-bond acceptors (Lipinski definition) is 2. The summed E-state index contributed by atoms with van der Waals surface area (Å²) in [7, 11) is 2.32. The molecule has 2 unspecified atom stereocenters. The highest BCUT2D eigenvalue weighted by Gasteiger charge is 2.41. The van der Waals surface area contributed by atoms with E-state index in [1.807, 2.05) is 0 Å². The number of rotatable bonds is 8. The van der Waals surface area contributed by atoms with Crippen molar-refractivity contribution < 1.29 is 0 Å². The van der Waals surface area contributed by atoms with E-state index in [1.54, 1.807) is 0 Å². The third-order valence-electron chi connectivity index (χ3n) is 5.18. The van der Waals surface area contributed by atoms with E-state index in [2.05, 4.69) is 51.9 Å². The molecule has 1 aliphatic carbocycles. The Kier molecular flexibility index (Phi) is 6.82. The Morgan fingerprint density at radius 3 is 2.37 bits per heavy atom. The van der Waals surface area contributed by atoms with Gasteiger partial charge < -0.3 is 10.2 Å². The summed E-state index contributed by atoms with van der Waals surface area (Å²) in [5.41, 5.74) is 0.467. The van der Waals surface area contributed by atoms with Crippen LogP contribution in [0.1, 0.15) is 66.7 Å². The zero-order chi connectivity index (χ0) is 14.5. The third-order valence-corrected chi connectivity index (χ3v) is 5.18. The average Bonchev–Trinajstić information content (AvgIpc) is 2.64. The van der Waals surface area contributed by atoms with Crippen molar-refractivity contribution in [3.63, 3.8) is 0 Å². The van der Waals surface area contributed by atoms with Gasteiger partial charge >= 0.3 is 0 Å². The van der Waals surface area contributed by atoms with Crippen LogP contribution in [0.5, 0.6) is 0 Å². The summed E-state index contributed by atoms with van der Waals surface area (Å²) in [6.07, 6.45) is 6.54. The second-order valence-corrected chi connectivity index (χ2v) is 7.13. The molecule has 0 amide bonds. The Labute approximate surface area is 121 Å². The number of nitrogens with zero attached hydrogens (tertiary/aromatic N) is 1. The molecule has 114 valence electrons. The van der Waals surface area contributed by atoms with Gasteiger partial charge in [0.25, 0.3) is 0 Å². The SMILES string of the molecule is CCCNC1C(CN(C)C(CC)CC)CCC1(C)C. The van der Waals surface area contributed by atoms with E-state index in [4.69, 9.17) is 0 Å². The highest BCUT2D eigenvalue weighted by atomic mass is 15.1. The van der Waals surface area contributed by atoms with E-state index >= 15 is 0 Å². The molecule has 0 spiro atoms. The van der Waals surface area contributed by atoms with Gasteiger partial charge in [0.15, 0.2) is 0 Å². The molecule has 1 N–H and O–H groups in total. The molecule has 0 aromatic carbocycles. The molecule has 2 atom stereocenters. The summed E-state index contributed by atoms with van der Waals surface area (Å²) >= 11 is 0. The van der Waals surface area contributed by atoms with E-state index < -0.39 is 0 Å². The lowest BCUT2D eigenvalue weighted by Gasteiger charge is -2.35. The van der Waals surface area contributed by atoms with E-state index in [0.717, 1.165) is 12.0 Å². The normalized spacial score (nSPS) is 26.5. The van der Waals surface area contributed by atoms with Crippen molar-refractivity contribution in [2.75, 3.05) is 20.1 Å². The molecule has 0 heterocycles. The number of nitrogens with one attached hydrogen (secondary N) is 1. The molecular formula is C17H36N2. The maximum Gasteiger partial charge on any atom is 0.0159 e. The fourth-order valence-corrected chi connectivity index (χ4v) is 3.89. The fourth-order valence-electron chi connectivity index (χ4n) is 3.89. The maximum absolute atomic E-state index is 3.83. The zero-order valence-corrected chi connectivity index (χ0v) is 14.1. The maximum atomic E-state index is 3.83. The van der Waals surface area contributed by atoms with Gasteiger partial charge in [-0.15, -0.1) is 0 Å². The van der Waals surface area contributed by atoms with Crippen LogP contribution < -0.4 is 5.32 Å². The zero-order valence-electron chi connectivity index (χ0n) is 14.1. The largest absolute Gasteiger partial charge is 0.313 e. The molecule has 0 aromatic heterocycles. The lowest BCUT2D eigenvalue weighted by Crippen LogP contribution is -2.46. The minimum absolute atomic E-state index is 0.467. The molecule has 0 bridgehead atoms. The summed E-state index contributed by atoms with van der Waals surface area (Å²) in [6.45, 7) is 14.2.